The Labute approximate surface area is 674 Å². The Bertz CT molecular complexity index is 1290. The summed E-state index contributed by atoms with van der Waals surface area (Å²) < 4.78 is 38.3. The van der Waals surface area contributed by atoms with Crippen LogP contribution in [0.5, 0.6) is 0 Å². The highest BCUT2D eigenvalue weighted by atomic mass is 16.5. The molecule has 0 spiro atoms. The maximum absolute atomic E-state index is 10.6. The Hall–Kier alpha value is -0.280. The SMILES string of the molecule is CCCCCCCCCCCCCCCCCCCCCCOCC(COCCCCCCCCCCCCCCCCCCCCCC)COCC(CO)COCC(COCCCCCCCCCCCCCCCCCCCCCC)COCCCCCCCCCCCCCCCCCCCCCC. The predicted octanol–water partition coefficient (Wildman–Crippen LogP) is 33.2. The molecule has 0 aromatic carbocycles. The van der Waals surface area contributed by atoms with Gasteiger partial charge in [-0.25, -0.2) is 0 Å². The van der Waals surface area contributed by atoms with Crippen LogP contribution in [-0.2, 0) is 28.4 Å². The van der Waals surface area contributed by atoms with Crippen LogP contribution in [0.3, 0.4) is 0 Å². The summed E-state index contributed by atoms with van der Waals surface area (Å²) in [5.74, 6) is 0.288. The van der Waals surface area contributed by atoms with Crippen LogP contribution >= 0.6 is 0 Å². The van der Waals surface area contributed by atoms with Crippen LogP contribution in [0.2, 0.25) is 0 Å². The molecule has 0 aliphatic rings. The third-order valence-corrected chi connectivity index (χ3v) is 23.7. The van der Waals surface area contributed by atoms with E-state index in [2.05, 4.69) is 27.7 Å². The quantitative estimate of drug-likeness (QED) is 0.0608. The fraction of sp³-hybridized carbons (Fsp3) is 1.00. The van der Waals surface area contributed by atoms with E-state index in [-0.39, 0.29) is 24.4 Å². The smallest absolute Gasteiger partial charge is 0.0538 e. The maximum Gasteiger partial charge on any atom is 0.0538 e. The molecule has 644 valence electrons. The zero-order valence-corrected chi connectivity index (χ0v) is 74.4. The Kier molecular flexibility index (Phi) is 99.7. The standard InChI is InChI=1S/C100H202O7/c1-5-9-13-17-21-25-29-33-37-41-45-49-53-57-61-65-69-73-77-81-85-102-92-99(93-103-86-82-78-74-70-66-62-58-54-50-46-42-38-34-30-26-22-18-14-10-6-2)96-106-90-98(89-101)91-107-97-100(94-104-87-83-79-75-71-67-63-59-55-51-47-43-39-35-31-27-23-19-15-11-7-3)95-105-88-84-80-76-72-68-64-60-56-52-48-44-40-36-32-28-24-20-16-12-8-4/h98-101H,5-97H2,1-4H3. The van der Waals surface area contributed by atoms with Gasteiger partial charge in [-0.3, -0.25) is 0 Å². The van der Waals surface area contributed by atoms with Crippen LogP contribution in [0.1, 0.15) is 541 Å². The minimum absolute atomic E-state index is 0.0487. The first-order chi connectivity index (χ1) is 53.2. The second kappa shape index (κ2) is 99.9. The third kappa shape index (κ3) is 94.5. The second-order valence-corrected chi connectivity index (χ2v) is 35.0. The molecule has 0 rings (SSSR count). The summed E-state index contributed by atoms with van der Waals surface area (Å²) in [6.45, 7) is 17.3. The first-order valence-electron chi connectivity index (χ1n) is 50.3. The number of aliphatic hydroxyl groups excluding tert-OH is 1. The van der Waals surface area contributed by atoms with E-state index in [0.717, 1.165) is 52.1 Å². The van der Waals surface area contributed by atoms with Gasteiger partial charge in [0, 0.05) is 44.2 Å². The van der Waals surface area contributed by atoms with Crippen molar-refractivity contribution in [3.8, 4) is 0 Å². The summed E-state index contributed by atoms with van der Waals surface area (Å²) in [7, 11) is 0. The van der Waals surface area contributed by atoms with Gasteiger partial charge in [0.1, 0.15) is 0 Å². The monoisotopic (exact) mass is 1520 g/mol. The van der Waals surface area contributed by atoms with Crippen LogP contribution in [-0.4, -0.2) is 91.0 Å². The molecule has 0 unspecified atom stereocenters. The van der Waals surface area contributed by atoms with Crippen LogP contribution in [0.15, 0.2) is 0 Å². The normalized spacial score (nSPS) is 12.0. The lowest BCUT2D eigenvalue weighted by Gasteiger charge is -2.22. The summed E-state index contributed by atoms with van der Waals surface area (Å²) in [4.78, 5) is 0. The van der Waals surface area contributed by atoms with Gasteiger partial charge in [-0.05, 0) is 25.7 Å². The molecule has 0 aromatic heterocycles. The van der Waals surface area contributed by atoms with Gasteiger partial charge in [-0.2, -0.15) is 0 Å². The van der Waals surface area contributed by atoms with Crippen molar-refractivity contribution in [1.82, 2.24) is 0 Å². The molecule has 0 amide bonds. The van der Waals surface area contributed by atoms with Crippen molar-refractivity contribution in [1.29, 1.82) is 0 Å². The number of ether oxygens (including phenoxy) is 6. The van der Waals surface area contributed by atoms with E-state index in [4.69, 9.17) is 28.4 Å². The fourth-order valence-corrected chi connectivity index (χ4v) is 16.1. The minimum Gasteiger partial charge on any atom is -0.396 e. The molecule has 0 fully saturated rings. The van der Waals surface area contributed by atoms with E-state index >= 15 is 0 Å². The van der Waals surface area contributed by atoms with E-state index in [0.29, 0.717) is 52.9 Å². The molecule has 0 bridgehead atoms. The Balaban J connectivity index is 4.90. The van der Waals surface area contributed by atoms with Crippen LogP contribution in [0.4, 0.5) is 0 Å². The molecule has 0 aliphatic heterocycles. The minimum atomic E-state index is -0.0764. The van der Waals surface area contributed by atoms with Crippen molar-refractivity contribution in [2.45, 2.75) is 541 Å². The van der Waals surface area contributed by atoms with Crippen molar-refractivity contribution >= 4 is 0 Å². The lowest BCUT2D eigenvalue weighted by Crippen LogP contribution is -2.28. The summed E-state index contributed by atoms with van der Waals surface area (Å²) >= 11 is 0. The summed E-state index contributed by atoms with van der Waals surface area (Å²) in [6, 6.07) is 0. The number of unbranched alkanes of at least 4 members (excludes halogenated alkanes) is 76. The van der Waals surface area contributed by atoms with Crippen molar-refractivity contribution < 1.29 is 33.5 Å². The van der Waals surface area contributed by atoms with Gasteiger partial charge in [0.05, 0.1) is 59.5 Å². The molecular formula is C100H202O7. The summed E-state index contributed by atoms with van der Waals surface area (Å²) in [5.41, 5.74) is 0. The lowest BCUT2D eigenvalue weighted by atomic mass is 10.0. The van der Waals surface area contributed by atoms with Crippen LogP contribution < -0.4 is 0 Å². The van der Waals surface area contributed by atoms with Crippen molar-refractivity contribution in [3.63, 3.8) is 0 Å². The topological polar surface area (TPSA) is 75.6 Å². The second-order valence-electron chi connectivity index (χ2n) is 35.0. The van der Waals surface area contributed by atoms with E-state index in [1.807, 2.05) is 0 Å². The highest BCUT2D eigenvalue weighted by molar-refractivity contribution is 4.64. The lowest BCUT2D eigenvalue weighted by molar-refractivity contribution is -0.0440. The van der Waals surface area contributed by atoms with Gasteiger partial charge in [0.25, 0.3) is 0 Å². The number of aliphatic hydroxyl groups is 1. The van der Waals surface area contributed by atoms with Crippen molar-refractivity contribution in [2.24, 2.45) is 17.8 Å². The van der Waals surface area contributed by atoms with Gasteiger partial charge in [0.15, 0.2) is 0 Å². The number of hydrogen-bond donors (Lipinski definition) is 1. The largest absolute Gasteiger partial charge is 0.396 e. The molecule has 0 aliphatic carbocycles. The zero-order chi connectivity index (χ0) is 76.7. The molecule has 1 N–H and O–H groups in total. The van der Waals surface area contributed by atoms with E-state index in [1.165, 1.54) is 488 Å². The first kappa shape index (κ1) is 107. The summed E-state index contributed by atoms with van der Waals surface area (Å²) in [6.07, 6.45) is 112. The molecular weight excluding hydrogens is 1310 g/mol. The number of hydrogen-bond acceptors (Lipinski definition) is 7. The number of rotatable bonds is 101. The molecule has 0 atom stereocenters. The van der Waals surface area contributed by atoms with Gasteiger partial charge < -0.3 is 33.5 Å². The van der Waals surface area contributed by atoms with Crippen molar-refractivity contribution in [3.05, 3.63) is 0 Å². The van der Waals surface area contributed by atoms with Crippen molar-refractivity contribution in [2.75, 3.05) is 85.9 Å². The van der Waals surface area contributed by atoms with Gasteiger partial charge in [0.2, 0.25) is 0 Å². The van der Waals surface area contributed by atoms with Crippen LogP contribution in [0, 0.1) is 17.8 Å². The molecule has 0 aromatic rings. The highest BCUT2D eigenvalue weighted by Crippen LogP contribution is 2.22. The van der Waals surface area contributed by atoms with Gasteiger partial charge in [-0.1, -0.05) is 516 Å². The average Bonchev–Trinajstić information content (AvgIpc) is 3.91. The first-order valence-corrected chi connectivity index (χ1v) is 50.3. The molecule has 0 saturated carbocycles. The molecule has 7 heteroatoms. The van der Waals surface area contributed by atoms with E-state index < -0.39 is 0 Å². The molecule has 107 heavy (non-hydrogen) atoms. The predicted molar refractivity (Wildman–Crippen MR) is 475 cm³/mol. The van der Waals surface area contributed by atoms with Gasteiger partial charge >= 0.3 is 0 Å². The molecule has 7 nitrogen and oxygen atoms in total. The maximum atomic E-state index is 10.6. The van der Waals surface area contributed by atoms with Crippen LogP contribution in [0.25, 0.3) is 0 Å². The van der Waals surface area contributed by atoms with E-state index in [1.54, 1.807) is 0 Å². The molecule has 0 radical (unpaired) electrons. The third-order valence-electron chi connectivity index (χ3n) is 23.7. The van der Waals surface area contributed by atoms with Gasteiger partial charge in [-0.15, -0.1) is 0 Å². The fourth-order valence-electron chi connectivity index (χ4n) is 16.1. The summed E-state index contributed by atoms with van der Waals surface area (Å²) in [5, 5.41) is 10.6. The zero-order valence-electron chi connectivity index (χ0n) is 74.4. The average molecular weight is 1520 g/mol. The highest BCUT2D eigenvalue weighted by Gasteiger charge is 2.17. The van der Waals surface area contributed by atoms with E-state index in [9.17, 15) is 5.11 Å². The molecule has 0 saturated heterocycles. The Morgan fingerprint density at radius 3 is 0.355 bits per heavy atom. The molecule has 0 heterocycles. The Morgan fingerprint density at radius 1 is 0.131 bits per heavy atom. The Morgan fingerprint density at radius 2 is 0.234 bits per heavy atom.